The highest BCUT2D eigenvalue weighted by Crippen LogP contribution is 2.28. The van der Waals surface area contributed by atoms with Crippen molar-refractivity contribution in [1.82, 2.24) is 20.1 Å². The summed E-state index contributed by atoms with van der Waals surface area (Å²) in [6.45, 7) is 1.92. The Labute approximate surface area is 105 Å². The van der Waals surface area contributed by atoms with Gasteiger partial charge in [-0.05, 0) is 22.6 Å². The predicted octanol–water partition coefficient (Wildman–Crippen LogP) is 1.83. The monoisotopic (exact) mass is 334 g/mol. The fourth-order valence-corrected chi connectivity index (χ4v) is 2.27. The van der Waals surface area contributed by atoms with Crippen molar-refractivity contribution >= 4 is 45.2 Å². The maximum atomic E-state index is 6.19. The molecule has 78 valence electrons. The van der Waals surface area contributed by atoms with Crippen LogP contribution >= 0.6 is 34.2 Å². The predicted molar refractivity (Wildman–Crippen MR) is 67.2 cm³/mol. The summed E-state index contributed by atoms with van der Waals surface area (Å²) < 4.78 is 2.92. The van der Waals surface area contributed by atoms with Crippen LogP contribution in [-0.2, 0) is 0 Å². The van der Waals surface area contributed by atoms with Crippen LogP contribution in [0.2, 0.25) is 5.02 Å². The average molecular weight is 335 g/mol. The van der Waals surface area contributed by atoms with E-state index in [1.807, 2.05) is 4.68 Å². The maximum absolute atomic E-state index is 6.19. The van der Waals surface area contributed by atoms with Crippen molar-refractivity contribution in [2.45, 2.75) is 6.04 Å². The minimum Gasteiger partial charge on any atom is -0.312 e. The summed E-state index contributed by atoms with van der Waals surface area (Å²) in [5.74, 6) is 0. The Balaban J connectivity index is 2.21. The molecule has 0 saturated carbocycles. The fourth-order valence-electron chi connectivity index (χ4n) is 1.66. The summed E-state index contributed by atoms with van der Waals surface area (Å²) >= 11 is 8.37. The molecule has 0 aliphatic carbocycles. The van der Waals surface area contributed by atoms with Crippen LogP contribution < -0.4 is 5.32 Å². The zero-order valence-electron chi connectivity index (χ0n) is 7.74. The van der Waals surface area contributed by atoms with E-state index in [1.165, 1.54) is 0 Å². The SMILES string of the molecule is Clc1c(I)cnc2c1cnn2C1CNC1. The van der Waals surface area contributed by atoms with Crippen molar-refractivity contribution in [3.8, 4) is 0 Å². The Bertz CT molecular complexity index is 520. The lowest BCUT2D eigenvalue weighted by Gasteiger charge is -2.27. The molecule has 0 spiro atoms. The van der Waals surface area contributed by atoms with Crippen LogP contribution in [0.3, 0.4) is 0 Å². The number of fused-ring (bicyclic) bond motifs is 1. The Kier molecular flexibility index (Phi) is 2.33. The number of rotatable bonds is 1. The van der Waals surface area contributed by atoms with Crippen molar-refractivity contribution in [2.24, 2.45) is 0 Å². The van der Waals surface area contributed by atoms with Crippen LogP contribution in [0.1, 0.15) is 6.04 Å². The summed E-state index contributed by atoms with van der Waals surface area (Å²) in [4.78, 5) is 4.39. The highest BCUT2D eigenvalue weighted by molar-refractivity contribution is 14.1. The van der Waals surface area contributed by atoms with E-state index in [4.69, 9.17) is 11.6 Å². The molecule has 15 heavy (non-hydrogen) atoms. The van der Waals surface area contributed by atoms with Crippen molar-refractivity contribution < 1.29 is 0 Å². The molecule has 0 aromatic carbocycles. The lowest BCUT2D eigenvalue weighted by molar-refractivity contribution is 0.325. The van der Waals surface area contributed by atoms with Crippen LogP contribution in [0, 0.1) is 3.57 Å². The second-order valence-electron chi connectivity index (χ2n) is 3.56. The van der Waals surface area contributed by atoms with E-state index in [0.29, 0.717) is 6.04 Å². The molecule has 3 rings (SSSR count). The molecular formula is C9H8ClIN4. The van der Waals surface area contributed by atoms with Crippen LogP contribution in [0.5, 0.6) is 0 Å². The first-order valence-electron chi connectivity index (χ1n) is 4.65. The third-order valence-corrected chi connectivity index (χ3v) is 4.17. The molecule has 1 saturated heterocycles. The van der Waals surface area contributed by atoms with Gasteiger partial charge in [-0.3, -0.25) is 0 Å². The summed E-state index contributed by atoms with van der Waals surface area (Å²) in [7, 11) is 0. The fraction of sp³-hybridized carbons (Fsp3) is 0.333. The first-order chi connectivity index (χ1) is 7.27. The molecule has 1 N–H and O–H groups in total. The van der Waals surface area contributed by atoms with Crippen molar-refractivity contribution in [3.63, 3.8) is 0 Å². The van der Waals surface area contributed by atoms with Crippen molar-refractivity contribution in [3.05, 3.63) is 21.0 Å². The zero-order chi connectivity index (χ0) is 10.4. The minimum absolute atomic E-state index is 0.422. The summed E-state index contributed by atoms with van der Waals surface area (Å²) in [6.07, 6.45) is 3.58. The number of hydrogen-bond donors (Lipinski definition) is 1. The standard InChI is InChI=1S/C9H8ClIN4/c10-8-6-3-14-15(5-1-12-2-5)9(6)13-4-7(8)11/h3-5,12H,1-2H2. The molecule has 2 aromatic heterocycles. The van der Waals surface area contributed by atoms with Crippen LogP contribution in [0.15, 0.2) is 12.4 Å². The normalized spacial score (nSPS) is 16.9. The van der Waals surface area contributed by atoms with Gasteiger partial charge in [0.25, 0.3) is 0 Å². The molecule has 3 heterocycles. The summed E-state index contributed by atoms with van der Waals surface area (Å²) in [5, 5.41) is 9.25. The molecule has 0 unspecified atom stereocenters. The number of halogens is 2. The van der Waals surface area contributed by atoms with Gasteiger partial charge in [-0.25, -0.2) is 9.67 Å². The number of hydrogen-bond acceptors (Lipinski definition) is 3. The molecule has 0 bridgehead atoms. The van der Waals surface area contributed by atoms with E-state index in [9.17, 15) is 0 Å². The molecule has 0 atom stereocenters. The lowest BCUT2D eigenvalue weighted by Crippen LogP contribution is -2.43. The van der Waals surface area contributed by atoms with Crippen LogP contribution in [0.25, 0.3) is 11.0 Å². The van der Waals surface area contributed by atoms with E-state index < -0.39 is 0 Å². The van der Waals surface area contributed by atoms with Gasteiger partial charge in [0.1, 0.15) is 0 Å². The number of nitrogens with one attached hydrogen (secondary N) is 1. The minimum atomic E-state index is 0.422. The quantitative estimate of drug-likeness (QED) is 0.809. The Morgan fingerprint density at radius 3 is 2.93 bits per heavy atom. The molecule has 1 fully saturated rings. The van der Waals surface area contributed by atoms with E-state index in [1.54, 1.807) is 12.4 Å². The third-order valence-electron chi connectivity index (χ3n) is 2.62. The average Bonchev–Trinajstić information content (AvgIpc) is 2.54. The molecule has 1 aliphatic heterocycles. The van der Waals surface area contributed by atoms with E-state index in [0.717, 1.165) is 32.7 Å². The Morgan fingerprint density at radius 2 is 2.27 bits per heavy atom. The smallest absolute Gasteiger partial charge is 0.159 e. The van der Waals surface area contributed by atoms with Gasteiger partial charge in [-0.15, -0.1) is 0 Å². The van der Waals surface area contributed by atoms with E-state index >= 15 is 0 Å². The van der Waals surface area contributed by atoms with Crippen LogP contribution in [0.4, 0.5) is 0 Å². The zero-order valence-corrected chi connectivity index (χ0v) is 10.7. The van der Waals surface area contributed by atoms with Gasteiger partial charge < -0.3 is 5.32 Å². The van der Waals surface area contributed by atoms with E-state index in [-0.39, 0.29) is 0 Å². The molecule has 6 heteroatoms. The molecule has 2 aromatic rings. The van der Waals surface area contributed by atoms with Gasteiger partial charge in [-0.1, -0.05) is 11.6 Å². The second-order valence-corrected chi connectivity index (χ2v) is 5.10. The third kappa shape index (κ3) is 1.44. The van der Waals surface area contributed by atoms with Gasteiger partial charge in [0.05, 0.1) is 26.2 Å². The number of pyridine rings is 1. The van der Waals surface area contributed by atoms with Gasteiger partial charge >= 0.3 is 0 Å². The molecule has 4 nitrogen and oxygen atoms in total. The highest BCUT2D eigenvalue weighted by Gasteiger charge is 2.22. The molecular weight excluding hydrogens is 326 g/mol. The highest BCUT2D eigenvalue weighted by atomic mass is 127. The molecule has 0 radical (unpaired) electrons. The second kappa shape index (κ2) is 3.57. The maximum Gasteiger partial charge on any atom is 0.159 e. The van der Waals surface area contributed by atoms with Gasteiger partial charge in [0, 0.05) is 19.3 Å². The van der Waals surface area contributed by atoms with Gasteiger partial charge in [-0.2, -0.15) is 5.10 Å². The number of nitrogens with zero attached hydrogens (tertiary/aromatic N) is 3. The van der Waals surface area contributed by atoms with Crippen LogP contribution in [-0.4, -0.2) is 27.9 Å². The topological polar surface area (TPSA) is 42.7 Å². The summed E-state index contributed by atoms with van der Waals surface area (Å²) in [6, 6.07) is 0.422. The number of aromatic nitrogens is 3. The van der Waals surface area contributed by atoms with Crippen molar-refractivity contribution in [1.29, 1.82) is 0 Å². The first kappa shape index (κ1) is 9.80. The van der Waals surface area contributed by atoms with Crippen molar-refractivity contribution in [2.75, 3.05) is 13.1 Å². The molecule has 0 amide bonds. The molecule has 1 aliphatic rings. The van der Waals surface area contributed by atoms with E-state index in [2.05, 4.69) is 38.0 Å². The van der Waals surface area contributed by atoms with Gasteiger partial charge in [0.2, 0.25) is 0 Å². The van der Waals surface area contributed by atoms with Gasteiger partial charge in [0.15, 0.2) is 5.65 Å². The summed E-state index contributed by atoms with van der Waals surface area (Å²) in [5.41, 5.74) is 0.881. The first-order valence-corrected chi connectivity index (χ1v) is 6.11. The Hall–Kier alpha value is -0.400. The Morgan fingerprint density at radius 1 is 1.47 bits per heavy atom. The lowest BCUT2D eigenvalue weighted by atomic mass is 10.2. The largest absolute Gasteiger partial charge is 0.312 e.